The van der Waals surface area contributed by atoms with E-state index in [4.69, 9.17) is 9.47 Å². The topological polar surface area (TPSA) is 119 Å². The van der Waals surface area contributed by atoms with Crippen molar-refractivity contribution in [2.24, 2.45) is 0 Å². The first kappa shape index (κ1) is 27.0. The van der Waals surface area contributed by atoms with Gasteiger partial charge in [0.05, 0.1) is 19.7 Å². The van der Waals surface area contributed by atoms with Gasteiger partial charge in [-0.3, -0.25) is 14.5 Å². The van der Waals surface area contributed by atoms with E-state index >= 15 is 0 Å². The number of anilines is 1. The molecule has 208 valence electrons. The van der Waals surface area contributed by atoms with Crippen molar-refractivity contribution in [2.45, 2.75) is 50.7 Å². The number of methoxy groups -OCH3 is 2. The third kappa shape index (κ3) is 5.70. The number of aromatic nitrogens is 3. The Balaban J connectivity index is 1.60. The minimum absolute atomic E-state index is 0.0112. The Hall–Kier alpha value is -4.60. The number of fused-ring (bicyclic) bond motifs is 1. The number of phenols is 1. The minimum Gasteiger partial charge on any atom is -0.504 e. The molecule has 0 spiro atoms. The number of carbonyl (C=O) groups excluding carboxylic acids is 2. The van der Waals surface area contributed by atoms with E-state index in [1.165, 1.54) is 22.8 Å². The van der Waals surface area contributed by atoms with Crippen LogP contribution in [0, 0.1) is 0 Å². The van der Waals surface area contributed by atoms with Gasteiger partial charge in [-0.05, 0) is 54.8 Å². The Morgan fingerprint density at radius 2 is 1.82 bits per heavy atom. The lowest BCUT2D eigenvalue weighted by Crippen LogP contribution is -2.48. The highest BCUT2D eigenvalue weighted by atomic mass is 16.5. The molecule has 0 unspecified atom stereocenters. The molecule has 5 rings (SSSR count). The first-order valence-corrected chi connectivity index (χ1v) is 13.4. The van der Waals surface area contributed by atoms with Gasteiger partial charge < -0.3 is 19.9 Å². The molecule has 10 heteroatoms. The first-order chi connectivity index (χ1) is 19.5. The third-order valence-electron chi connectivity index (χ3n) is 7.28. The van der Waals surface area contributed by atoms with E-state index in [1.807, 2.05) is 24.3 Å². The van der Waals surface area contributed by atoms with Gasteiger partial charge in [0, 0.05) is 17.8 Å². The van der Waals surface area contributed by atoms with Crippen molar-refractivity contribution in [1.29, 1.82) is 0 Å². The Morgan fingerprint density at radius 3 is 2.58 bits per heavy atom. The summed E-state index contributed by atoms with van der Waals surface area (Å²) in [7, 11) is 3.00. The van der Waals surface area contributed by atoms with Gasteiger partial charge in [0.2, 0.25) is 11.8 Å². The maximum Gasteiger partial charge on any atom is 0.249 e. The average molecular weight is 544 g/mol. The second-order valence-corrected chi connectivity index (χ2v) is 9.88. The second kappa shape index (κ2) is 12.1. The zero-order valence-electron chi connectivity index (χ0n) is 22.6. The van der Waals surface area contributed by atoms with Crippen LogP contribution in [0.25, 0.3) is 11.0 Å². The molecule has 1 fully saturated rings. The lowest BCUT2D eigenvalue weighted by Gasteiger charge is -2.33. The minimum atomic E-state index is -1.09. The predicted octanol–water partition coefficient (Wildman–Crippen LogP) is 4.38. The van der Waals surface area contributed by atoms with Crippen LogP contribution in [0.5, 0.6) is 17.2 Å². The van der Waals surface area contributed by atoms with Gasteiger partial charge in [-0.25, -0.2) is 4.68 Å². The molecule has 3 aromatic carbocycles. The first-order valence-electron chi connectivity index (χ1n) is 13.4. The summed E-state index contributed by atoms with van der Waals surface area (Å²) in [5.41, 5.74) is 2.26. The summed E-state index contributed by atoms with van der Waals surface area (Å²) in [6.07, 6.45) is 4.98. The van der Waals surface area contributed by atoms with Crippen molar-refractivity contribution < 1.29 is 24.2 Å². The molecule has 2 N–H and O–H groups in total. The number of ether oxygens (including phenoxy) is 2. The van der Waals surface area contributed by atoms with Crippen molar-refractivity contribution in [3.8, 4) is 17.2 Å². The van der Waals surface area contributed by atoms with Crippen LogP contribution >= 0.6 is 0 Å². The van der Waals surface area contributed by atoms with Crippen LogP contribution in [0.4, 0.5) is 5.69 Å². The van der Waals surface area contributed by atoms with E-state index in [2.05, 4.69) is 15.6 Å². The zero-order chi connectivity index (χ0) is 28.1. The molecule has 0 saturated heterocycles. The smallest absolute Gasteiger partial charge is 0.249 e. The predicted molar refractivity (Wildman–Crippen MR) is 150 cm³/mol. The van der Waals surface area contributed by atoms with Crippen molar-refractivity contribution in [3.63, 3.8) is 0 Å². The van der Waals surface area contributed by atoms with Gasteiger partial charge in [-0.15, -0.1) is 5.10 Å². The van der Waals surface area contributed by atoms with Crippen molar-refractivity contribution in [1.82, 2.24) is 20.3 Å². The van der Waals surface area contributed by atoms with Gasteiger partial charge in [-0.1, -0.05) is 48.7 Å². The molecule has 40 heavy (non-hydrogen) atoms. The summed E-state index contributed by atoms with van der Waals surface area (Å²) in [6, 6.07) is 18.0. The Kier molecular flexibility index (Phi) is 8.14. The summed E-state index contributed by atoms with van der Waals surface area (Å²) in [5.74, 6) is -0.0519. The molecule has 1 aliphatic carbocycles. The van der Waals surface area contributed by atoms with Crippen LogP contribution in [0.3, 0.4) is 0 Å². The van der Waals surface area contributed by atoms with Gasteiger partial charge >= 0.3 is 0 Å². The van der Waals surface area contributed by atoms with E-state index in [0.717, 1.165) is 32.1 Å². The number of nitrogens with one attached hydrogen (secondary N) is 1. The second-order valence-electron chi connectivity index (χ2n) is 9.88. The number of nitrogens with zero attached hydrogens (tertiary/aromatic N) is 4. The van der Waals surface area contributed by atoms with Crippen LogP contribution in [0.1, 0.15) is 43.7 Å². The van der Waals surface area contributed by atoms with Crippen LogP contribution in [-0.2, 0) is 16.1 Å². The summed E-state index contributed by atoms with van der Waals surface area (Å²) >= 11 is 0. The summed E-state index contributed by atoms with van der Waals surface area (Å²) < 4.78 is 12.2. The summed E-state index contributed by atoms with van der Waals surface area (Å²) in [5, 5.41) is 22.2. The zero-order valence-corrected chi connectivity index (χ0v) is 22.6. The molecule has 1 aliphatic rings. The van der Waals surface area contributed by atoms with E-state index in [-0.39, 0.29) is 35.9 Å². The molecule has 1 atom stereocenters. The number of rotatable bonds is 9. The Labute approximate surface area is 232 Å². The van der Waals surface area contributed by atoms with Gasteiger partial charge in [0.15, 0.2) is 11.5 Å². The maximum absolute atomic E-state index is 14.2. The van der Waals surface area contributed by atoms with E-state index in [0.29, 0.717) is 28.0 Å². The summed E-state index contributed by atoms with van der Waals surface area (Å²) in [6.45, 7) is -0.160. The molecule has 1 heterocycles. The van der Waals surface area contributed by atoms with Crippen LogP contribution < -0.4 is 19.7 Å². The SMILES string of the molecule is COc1cccc(N(C(=O)Cn2nnc3ccccc32)[C@H](C(=O)NC2CCCCC2)c2ccc(OC)c(O)c2)c1. The standard InChI is InChI=1S/C30H33N5O5/c1-39-23-12-8-11-22(18-23)35(28(37)19-34-25-14-7-6-13-24(25)32-33-34)29(20-15-16-27(40-2)26(36)17-20)30(38)31-21-9-4-3-5-10-21/h6-8,11-18,21,29,36H,3-5,9-10,19H2,1-2H3,(H,31,38)/t29-/m0/s1. The number of amides is 2. The quantitative estimate of drug-likeness (QED) is 0.322. The molecule has 1 saturated carbocycles. The van der Waals surface area contributed by atoms with E-state index in [9.17, 15) is 14.7 Å². The molecular weight excluding hydrogens is 510 g/mol. The Bertz CT molecular complexity index is 1500. The molecule has 0 aliphatic heterocycles. The monoisotopic (exact) mass is 543 g/mol. The highest BCUT2D eigenvalue weighted by molar-refractivity contribution is 6.01. The van der Waals surface area contributed by atoms with Gasteiger partial charge in [0.1, 0.15) is 23.9 Å². The maximum atomic E-state index is 14.2. The molecule has 10 nitrogen and oxygen atoms in total. The number of hydrogen-bond donors (Lipinski definition) is 2. The van der Waals surface area contributed by atoms with Crippen molar-refractivity contribution in [3.05, 3.63) is 72.3 Å². The van der Waals surface area contributed by atoms with Crippen LogP contribution in [0.2, 0.25) is 0 Å². The highest BCUT2D eigenvalue weighted by Gasteiger charge is 2.35. The largest absolute Gasteiger partial charge is 0.504 e. The molecule has 2 amide bonds. The van der Waals surface area contributed by atoms with Crippen LogP contribution in [0.15, 0.2) is 66.7 Å². The molecule has 1 aromatic heterocycles. The van der Waals surface area contributed by atoms with Gasteiger partial charge in [0.25, 0.3) is 0 Å². The lowest BCUT2D eigenvalue weighted by molar-refractivity contribution is -0.127. The van der Waals surface area contributed by atoms with Gasteiger partial charge in [-0.2, -0.15) is 0 Å². The van der Waals surface area contributed by atoms with Crippen molar-refractivity contribution in [2.75, 3.05) is 19.1 Å². The summed E-state index contributed by atoms with van der Waals surface area (Å²) in [4.78, 5) is 29.7. The number of para-hydroxylation sites is 1. The highest BCUT2D eigenvalue weighted by Crippen LogP contribution is 2.35. The molecule has 0 bridgehead atoms. The number of aromatic hydroxyl groups is 1. The van der Waals surface area contributed by atoms with E-state index in [1.54, 1.807) is 43.5 Å². The number of carbonyl (C=O) groups is 2. The fourth-order valence-corrected chi connectivity index (χ4v) is 5.26. The fraction of sp³-hybridized carbons (Fsp3) is 0.333. The molecule has 0 radical (unpaired) electrons. The number of phenolic OH excluding ortho intramolecular Hbond substituents is 1. The van der Waals surface area contributed by atoms with E-state index < -0.39 is 6.04 Å². The third-order valence-corrected chi connectivity index (χ3v) is 7.28. The van der Waals surface area contributed by atoms with Crippen molar-refractivity contribution >= 4 is 28.5 Å². The normalized spacial score (nSPS) is 14.4. The fourth-order valence-electron chi connectivity index (χ4n) is 5.26. The number of benzene rings is 3. The Morgan fingerprint density at radius 1 is 1.02 bits per heavy atom. The molecular formula is C30H33N5O5. The number of hydrogen-bond acceptors (Lipinski definition) is 7. The average Bonchev–Trinajstić information content (AvgIpc) is 3.38. The van der Waals surface area contributed by atoms with Crippen LogP contribution in [-0.4, -0.2) is 52.2 Å². The lowest BCUT2D eigenvalue weighted by atomic mass is 9.94. The molecule has 4 aromatic rings.